The van der Waals surface area contributed by atoms with Crippen molar-refractivity contribution >= 4 is 34.1 Å². The number of nitrogens with one attached hydrogen (secondary N) is 2. The van der Waals surface area contributed by atoms with Crippen LogP contribution in [-0.2, 0) is 9.47 Å². The van der Waals surface area contributed by atoms with E-state index in [0.29, 0.717) is 22.2 Å². The molecule has 0 aliphatic heterocycles. The number of hydrogen-bond donors (Lipinski definition) is 2. The Balaban J connectivity index is 1.48. The summed E-state index contributed by atoms with van der Waals surface area (Å²) >= 11 is 0. The van der Waals surface area contributed by atoms with Gasteiger partial charge in [-0.25, -0.2) is 9.59 Å². The van der Waals surface area contributed by atoms with Crippen molar-refractivity contribution in [1.82, 2.24) is 9.97 Å². The van der Waals surface area contributed by atoms with Crippen LogP contribution in [0.4, 0.5) is 0 Å². The van der Waals surface area contributed by atoms with Crippen LogP contribution in [0.2, 0.25) is 0 Å². The van der Waals surface area contributed by atoms with Gasteiger partial charge in [0, 0.05) is 30.2 Å². The van der Waals surface area contributed by atoms with Gasteiger partial charge < -0.3 is 28.3 Å². The van der Waals surface area contributed by atoms with Gasteiger partial charge in [0.1, 0.15) is 11.4 Å². The molecule has 0 saturated heterocycles. The van der Waals surface area contributed by atoms with Crippen LogP contribution in [-0.4, -0.2) is 28.2 Å². The number of rotatable bonds is 5. The number of aromatic nitrogens is 2. The zero-order chi connectivity index (χ0) is 18.3. The topological polar surface area (TPSA) is 110 Å². The number of fused-ring (bicyclic) bond motifs is 2. The van der Waals surface area contributed by atoms with E-state index in [1.807, 2.05) is 0 Å². The van der Waals surface area contributed by atoms with Gasteiger partial charge in [-0.2, -0.15) is 0 Å². The highest BCUT2D eigenvalue weighted by Crippen LogP contribution is 2.21. The Morgan fingerprint density at radius 3 is 1.73 bits per heavy atom. The number of H-pyrrole nitrogens is 2. The van der Waals surface area contributed by atoms with E-state index in [0.717, 1.165) is 0 Å². The van der Waals surface area contributed by atoms with Gasteiger partial charge in [-0.3, -0.25) is 0 Å². The van der Waals surface area contributed by atoms with Crippen molar-refractivity contribution in [2.24, 2.45) is 5.92 Å². The average Bonchev–Trinajstić information content (AvgIpc) is 3.32. The molecule has 0 spiro atoms. The van der Waals surface area contributed by atoms with E-state index in [2.05, 4.69) is 9.97 Å². The largest absolute Gasteiger partial charge is 0.463 e. The van der Waals surface area contributed by atoms with E-state index in [4.69, 9.17) is 18.3 Å². The second kappa shape index (κ2) is 6.14. The van der Waals surface area contributed by atoms with Crippen LogP contribution in [0.1, 0.15) is 34.8 Å². The Kier molecular flexibility index (Phi) is 3.80. The number of esters is 2. The number of ether oxygens (including phenoxy) is 2. The maximum absolute atomic E-state index is 12.3. The molecule has 4 aromatic rings. The second-order valence-electron chi connectivity index (χ2n) is 6.19. The van der Waals surface area contributed by atoms with Gasteiger partial charge in [0.15, 0.2) is 11.2 Å². The molecule has 0 aliphatic carbocycles. The van der Waals surface area contributed by atoms with Crippen molar-refractivity contribution in [3.63, 3.8) is 0 Å². The zero-order valence-electron chi connectivity index (χ0n) is 14.1. The molecule has 0 fully saturated rings. The van der Waals surface area contributed by atoms with Crippen LogP contribution in [0.5, 0.6) is 0 Å². The standard InChI is InChI=1S/C18H16N2O6/c1-9(2)18(25-16(21)12-7-14-10(19-12)3-5-23-14)26-17(22)13-8-15-11(20-13)4-6-24-15/h3-9,18-20H,1-2H3. The SMILES string of the molecule is CC(C)C(OC(=O)c1cc2occc2[nH]1)OC(=O)c1cc2occc2[nH]1. The van der Waals surface area contributed by atoms with E-state index >= 15 is 0 Å². The van der Waals surface area contributed by atoms with Gasteiger partial charge in [0.05, 0.1) is 23.6 Å². The van der Waals surface area contributed by atoms with Gasteiger partial charge >= 0.3 is 11.9 Å². The first-order valence-electron chi connectivity index (χ1n) is 8.05. The Labute approximate surface area is 147 Å². The molecular weight excluding hydrogens is 340 g/mol. The molecule has 134 valence electrons. The summed E-state index contributed by atoms with van der Waals surface area (Å²) in [7, 11) is 0. The Bertz CT molecular complexity index is 940. The summed E-state index contributed by atoms with van der Waals surface area (Å²) in [6, 6.07) is 6.48. The summed E-state index contributed by atoms with van der Waals surface area (Å²) < 4.78 is 21.1. The predicted octanol–water partition coefficient (Wildman–Crippen LogP) is 3.83. The molecule has 4 heterocycles. The highest BCUT2D eigenvalue weighted by molar-refractivity contribution is 5.94. The molecule has 8 heteroatoms. The molecule has 26 heavy (non-hydrogen) atoms. The molecule has 0 radical (unpaired) electrons. The van der Waals surface area contributed by atoms with Crippen molar-refractivity contribution in [3.8, 4) is 0 Å². The molecule has 4 rings (SSSR count). The number of aromatic amines is 2. The predicted molar refractivity (Wildman–Crippen MR) is 90.6 cm³/mol. The lowest BCUT2D eigenvalue weighted by Gasteiger charge is -2.20. The van der Waals surface area contributed by atoms with Crippen molar-refractivity contribution in [1.29, 1.82) is 0 Å². The normalized spacial score (nSPS) is 11.7. The van der Waals surface area contributed by atoms with Crippen molar-refractivity contribution < 1.29 is 27.9 Å². The van der Waals surface area contributed by atoms with Crippen LogP contribution in [0.3, 0.4) is 0 Å². The summed E-state index contributed by atoms with van der Waals surface area (Å²) in [6.07, 6.45) is 1.99. The maximum atomic E-state index is 12.3. The number of carbonyl (C=O) groups is 2. The van der Waals surface area contributed by atoms with E-state index in [1.54, 1.807) is 26.0 Å². The van der Waals surface area contributed by atoms with E-state index in [-0.39, 0.29) is 17.3 Å². The van der Waals surface area contributed by atoms with Crippen molar-refractivity contribution in [2.75, 3.05) is 0 Å². The van der Waals surface area contributed by atoms with Crippen LogP contribution in [0.15, 0.2) is 45.6 Å². The molecule has 0 unspecified atom stereocenters. The first-order valence-corrected chi connectivity index (χ1v) is 8.05. The second-order valence-corrected chi connectivity index (χ2v) is 6.19. The van der Waals surface area contributed by atoms with Gasteiger partial charge in [0.25, 0.3) is 6.29 Å². The fourth-order valence-electron chi connectivity index (χ4n) is 2.55. The molecule has 0 bridgehead atoms. The zero-order valence-corrected chi connectivity index (χ0v) is 14.1. The lowest BCUT2D eigenvalue weighted by molar-refractivity contribution is -0.102. The number of carbonyl (C=O) groups excluding carboxylic acids is 2. The molecular formula is C18H16N2O6. The first kappa shape index (κ1) is 16.1. The van der Waals surface area contributed by atoms with Crippen molar-refractivity contribution in [3.05, 3.63) is 48.2 Å². The highest BCUT2D eigenvalue weighted by Gasteiger charge is 2.26. The summed E-state index contributed by atoms with van der Waals surface area (Å²) in [5, 5.41) is 0. The summed E-state index contributed by atoms with van der Waals surface area (Å²) in [6.45, 7) is 3.57. The number of hydrogen-bond acceptors (Lipinski definition) is 6. The quantitative estimate of drug-likeness (QED) is 0.415. The lowest BCUT2D eigenvalue weighted by Crippen LogP contribution is -2.29. The van der Waals surface area contributed by atoms with Gasteiger partial charge in [-0.1, -0.05) is 13.8 Å². The van der Waals surface area contributed by atoms with Crippen LogP contribution in [0, 0.1) is 5.92 Å². The summed E-state index contributed by atoms with van der Waals surface area (Å²) in [4.78, 5) is 30.5. The molecule has 0 amide bonds. The third-order valence-electron chi connectivity index (χ3n) is 3.91. The van der Waals surface area contributed by atoms with Gasteiger partial charge in [-0.15, -0.1) is 0 Å². The third kappa shape index (κ3) is 2.85. The summed E-state index contributed by atoms with van der Waals surface area (Å²) in [5.74, 6) is -1.51. The van der Waals surface area contributed by atoms with E-state index < -0.39 is 18.2 Å². The molecule has 0 saturated carbocycles. The Hall–Kier alpha value is -3.42. The third-order valence-corrected chi connectivity index (χ3v) is 3.91. The fourth-order valence-corrected chi connectivity index (χ4v) is 2.55. The smallest absolute Gasteiger partial charge is 0.357 e. The first-order chi connectivity index (χ1) is 12.5. The van der Waals surface area contributed by atoms with Gasteiger partial charge in [0.2, 0.25) is 0 Å². The summed E-state index contributed by atoms with van der Waals surface area (Å²) in [5.41, 5.74) is 2.90. The minimum Gasteiger partial charge on any atom is -0.463 e. The molecule has 4 aromatic heterocycles. The highest BCUT2D eigenvalue weighted by atomic mass is 16.7. The minimum atomic E-state index is -1.04. The van der Waals surface area contributed by atoms with Crippen LogP contribution in [0.25, 0.3) is 22.2 Å². The van der Waals surface area contributed by atoms with Crippen LogP contribution < -0.4 is 0 Å². The molecule has 0 aliphatic rings. The molecule has 8 nitrogen and oxygen atoms in total. The Morgan fingerprint density at radius 2 is 1.35 bits per heavy atom. The minimum absolute atomic E-state index is 0.221. The van der Waals surface area contributed by atoms with E-state index in [1.165, 1.54) is 24.7 Å². The lowest BCUT2D eigenvalue weighted by atomic mass is 10.2. The monoisotopic (exact) mass is 356 g/mol. The fraction of sp³-hybridized carbons (Fsp3) is 0.222. The van der Waals surface area contributed by atoms with E-state index in [9.17, 15) is 9.59 Å². The Morgan fingerprint density at radius 1 is 0.885 bits per heavy atom. The maximum Gasteiger partial charge on any atom is 0.357 e. The number of furan rings is 2. The van der Waals surface area contributed by atoms with Gasteiger partial charge in [-0.05, 0) is 0 Å². The molecule has 0 atom stereocenters. The van der Waals surface area contributed by atoms with Crippen molar-refractivity contribution in [2.45, 2.75) is 20.1 Å². The van der Waals surface area contributed by atoms with Crippen LogP contribution >= 0.6 is 0 Å². The molecule has 2 N–H and O–H groups in total. The molecule has 0 aromatic carbocycles. The average molecular weight is 356 g/mol.